The quantitative estimate of drug-likeness (QED) is 0.828. The van der Waals surface area contributed by atoms with Crippen molar-refractivity contribution in [3.63, 3.8) is 0 Å². The summed E-state index contributed by atoms with van der Waals surface area (Å²) in [6, 6.07) is 6.51. The fourth-order valence-electron chi connectivity index (χ4n) is 3.89. The summed E-state index contributed by atoms with van der Waals surface area (Å²) in [5.74, 6) is 0.528. The average molecular weight is 365 g/mol. The number of nitrogens with zero attached hydrogens (tertiary/aromatic N) is 2. The Morgan fingerprint density at radius 2 is 1.72 bits per heavy atom. The van der Waals surface area contributed by atoms with Crippen LogP contribution >= 0.6 is 0 Å². The molecule has 5 nitrogen and oxygen atoms in total. The van der Waals surface area contributed by atoms with E-state index < -0.39 is 10.0 Å². The number of hydrogen-bond acceptors (Lipinski definition) is 3. The molecule has 0 spiro atoms. The molecule has 1 aromatic carbocycles. The highest BCUT2D eigenvalue weighted by Crippen LogP contribution is 2.26. The van der Waals surface area contributed by atoms with Crippen molar-refractivity contribution in [1.29, 1.82) is 0 Å². The number of piperidine rings is 2. The van der Waals surface area contributed by atoms with Crippen molar-refractivity contribution in [2.24, 2.45) is 5.92 Å². The van der Waals surface area contributed by atoms with Gasteiger partial charge in [0.1, 0.15) is 0 Å². The Balaban J connectivity index is 1.76. The molecular weight excluding hydrogens is 336 g/mol. The molecule has 2 heterocycles. The van der Waals surface area contributed by atoms with E-state index in [0.717, 1.165) is 45.2 Å². The zero-order valence-corrected chi connectivity index (χ0v) is 16.0. The molecular formula is C19H28N2O3S. The molecule has 0 aliphatic carbocycles. The molecule has 0 bridgehead atoms. The lowest BCUT2D eigenvalue weighted by molar-refractivity contribution is 0.0683. The lowest BCUT2D eigenvalue weighted by Crippen LogP contribution is -2.42. The van der Waals surface area contributed by atoms with Gasteiger partial charge >= 0.3 is 0 Å². The third-order valence-electron chi connectivity index (χ3n) is 5.39. The van der Waals surface area contributed by atoms with E-state index in [1.54, 1.807) is 28.6 Å². The van der Waals surface area contributed by atoms with E-state index in [-0.39, 0.29) is 16.8 Å². The maximum Gasteiger partial charge on any atom is 0.253 e. The van der Waals surface area contributed by atoms with Crippen LogP contribution in [0.2, 0.25) is 0 Å². The summed E-state index contributed by atoms with van der Waals surface area (Å²) < 4.78 is 27.3. The van der Waals surface area contributed by atoms with E-state index in [1.807, 2.05) is 11.8 Å². The third kappa shape index (κ3) is 3.90. The van der Waals surface area contributed by atoms with Gasteiger partial charge in [-0.3, -0.25) is 4.79 Å². The maximum absolute atomic E-state index is 12.9. The Kier molecular flexibility index (Phi) is 5.49. The molecule has 1 aromatic rings. The van der Waals surface area contributed by atoms with Crippen LogP contribution in [-0.2, 0) is 10.0 Å². The second-order valence-electron chi connectivity index (χ2n) is 7.48. The molecule has 1 amide bonds. The number of carbonyl (C=O) groups excluding carboxylic acids is 1. The van der Waals surface area contributed by atoms with Gasteiger partial charge in [-0.05, 0) is 62.8 Å². The van der Waals surface area contributed by atoms with Gasteiger partial charge in [0.25, 0.3) is 5.91 Å². The first kappa shape index (κ1) is 18.4. The minimum absolute atomic E-state index is 0.00170. The second-order valence-corrected chi connectivity index (χ2v) is 9.37. The highest BCUT2D eigenvalue weighted by atomic mass is 32.2. The second kappa shape index (κ2) is 7.46. The van der Waals surface area contributed by atoms with Crippen LogP contribution in [0.4, 0.5) is 0 Å². The number of rotatable bonds is 3. The smallest absolute Gasteiger partial charge is 0.253 e. The standard InChI is InChI=1S/C19H28N2O3S/c1-15-6-5-12-20(14-15)19(22)17-8-10-18(11-9-17)25(23,24)21-13-4-3-7-16(21)2/h8-11,15-16H,3-7,12-14H2,1-2H3. The van der Waals surface area contributed by atoms with Crippen LogP contribution < -0.4 is 0 Å². The predicted molar refractivity (Wildman–Crippen MR) is 97.9 cm³/mol. The maximum atomic E-state index is 12.9. The molecule has 0 saturated carbocycles. The number of amides is 1. The van der Waals surface area contributed by atoms with Crippen LogP contribution in [0.5, 0.6) is 0 Å². The predicted octanol–water partition coefficient (Wildman–Crippen LogP) is 3.12. The molecule has 2 atom stereocenters. The van der Waals surface area contributed by atoms with Gasteiger partial charge in [-0.2, -0.15) is 4.31 Å². The summed E-state index contributed by atoms with van der Waals surface area (Å²) >= 11 is 0. The molecule has 25 heavy (non-hydrogen) atoms. The van der Waals surface area contributed by atoms with Crippen molar-refractivity contribution in [3.8, 4) is 0 Å². The van der Waals surface area contributed by atoms with Gasteiger partial charge in [0.15, 0.2) is 0 Å². The van der Waals surface area contributed by atoms with E-state index in [0.29, 0.717) is 18.0 Å². The van der Waals surface area contributed by atoms with Gasteiger partial charge in [0.05, 0.1) is 4.90 Å². The SMILES string of the molecule is CC1CCCN(C(=O)c2ccc(S(=O)(=O)N3CCCCC3C)cc2)C1. The van der Waals surface area contributed by atoms with Gasteiger partial charge in [-0.15, -0.1) is 0 Å². The first-order chi connectivity index (χ1) is 11.9. The molecule has 3 rings (SSSR count). The van der Waals surface area contributed by atoms with E-state index in [1.165, 1.54) is 0 Å². The fraction of sp³-hybridized carbons (Fsp3) is 0.632. The van der Waals surface area contributed by atoms with Crippen molar-refractivity contribution >= 4 is 15.9 Å². The molecule has 2 fully saturated rings. The zero-order valence-electron chi connectivity index (χ0n) is 15.1. The summed E-state index contributed by atoms with van der Waals surface area (Å²) in [5.41, 5.74) is 0.569. The van der Waals surface area contributed by atoms with Gasteiger partial charge in [0, 0.05) is 31.2 Å². The molecule has 138 valence electrons. The van der Waals surface area contributed by atoms with Crippen molar-refractivity contribution in [3.05, 3.63) is 29.8 Å². The molecule has 2 saturated heterocycles. The molecule has 0 radical (unpaired) electrons. The Hall–Kier alpha value is -1.40. The molecule has 0 aromatic heterocycles. The minimum atomic E-state index is -3.48. The minimum Gasteiger partial charge on any atom is -0.338 e. The van der Waals surface area contributed by atoms with E-state index >= 15 is 0 Å². The summed E-state index contributed by atoms with van der Waals surface area (Å²) in [4.78, 5) is 14.8. The van der Waals surface area contributed by atoms with Crippen LogP contribution in [0.15, 0.2) is 29.2 Å². The van der Waals surface area contributed by atoms with E-state index in [4.69, 9.17) is 0 Å². The summed E-state index contributed by atoms with van der Waals surface area (Å²) in [5, 5.41) is 0. The van der Waals surface area contributed by atoms with Crippen LogP contribution in [0.25, 0.3) is 0 Å². The molecule has 2 aliphatic heterocycles. The van der Waals surface area contributed by atoms with Crippen molar-refractivity contribution in [1.82, 2.24) is 9.21 Å². The summed E-state index contributed by atoms with van der Waals surface area (Å²) in [6.07, 6.45) is 5.09. The Labute approximate surface area is 151 Å². The monoisotopic (exact) mass is 364 g/mol. The van der Waals surface area contributed by atoms with Gasteiger partial charge in [-0.25, -0.2) is 8.42 Å². The number of sulfonamides is 1. The normalized spacial score (nSPS) is 25.8. The molecule has 2 aliphatic rings. The highest BCUT2D eigenvalue weighted by molar-refractivity contribution is 7.89. The van der Waals surface area contributed by atoms with Gasteiger partial charge in [0.2, 0.25) is 10.0 Å². The van der Waals surface area contributed by atoms with Crippen LogP contribution in [-0.4, -0.2) is 49.2 Å². The largest absolute Gasteiger partial charge is 0.338 e. The van der Waals surface area contributed by atoms with Crippen LogP contribution in [0.1, 0.15) is 56.3 Å². The third-order valence-corrected chi connectivity index (χ3v) is 7.42. The average Bonchev–Trinajstić information content (AvgIpc) is 2.61. The summed E-state index contributed by atoms with van der Waals surface area (Å²) in [6.45, 7) is 6.27. The van der Waals surface area contributed by atoms with E-state index in [9.17, 15) is 13.2 Å². The highest BCUT2D eigenvalue weighted by Gasteiger charge is 2.31. The number of likely N-dealkylation sites (tertiary alicyclic amines) is 1. The Bertz CT molecular complexity index is 715. The fourth-order valence-corrected chi connectivity index (χ4v) is 5.59. The van der Waals surface area contributed by atoms with E-state index in [2.05, 4.69) is 6.92 Å². The van der Waals surface area contributed by atoms with Crippen molar-refractivity contribution in [2.45, 2.75) is 56.9 Å². The van der Waals surface area contributed by atoms with Gasteiger partial charge < -0.3 is 4.90 Å². The molecule has 2 unspecified atom stereocenters. The topological polar surface area (TPSA) is 57.7 Å². The molecule has 6 heteroatoms. The zero-order chi connectivity index (χ0) is 18.0. The van der Waals surface area contributed by atoms with Crippen molar-refractivity contribution in [2.75, 3.05) is 19.6 Å². The number of carbonyl (C=O) groups is 1. The number of benzene rings is 1. The lowest BCUT2D eigenvalue weighted by atomic mass is 9.99. The van der Waals surface area contributed by atoms with Gasteiger partial charge in [-0.1, -0.05) is 13.3 Å². The Morgan fingerprint density at radius 3 is 2.36 bits per heavy atom. The first-order valence-electron chi connectivity index (χ1n) is 9.31. The number of hydrogen-bond donors (Lipinski definition) is 0. The Morgan fingerprint density at radius 1 is 1.00 bits per heavy atom. The lowest BCUT2D eigenvalue weighted by Gasteiger charge is -2.32. The first-order valence-corrected chi connectivity index (χ1v) is 10.7. The van der Waals surface area contributed by atoms with Crippen molar-refractivity contribution < 1.29 is 13.2 Å². The molecule has 0 N–H and O–H groups in total. The van der Waals surface area contributed by atoms with Crippen LogP contribution in [0.3, 0.4) is 0 Å². The summed E-state index contributed by atoms with van der Waals surface area (Å²) in [7, 11) is -3.48. The van der Waals surface area contributed by atoms with Crippen LogP contribution in [0, 0.1) is 5.92 Å².